The van der Waals surface area contributed by atoms with Gasteiger partial charge in [-0.25, -0.2) is 9.97 Å². The number of ether oxygens (including phenoxy) is 1. The number of fused-ring (bicyclic) bond motifs is 2. The minimum absolute atomic E-state index is 0.0199. The second kappa shape index (κ2) is 6.29. The Kier molecular flexibility index (Phi) is 4.14. The maximum atomic E-state index is 11.5. The third-order valence-corrected chi connectivity index (χ3v) is 6.23. The van der Waals surface area contributed by atoms with Crippen LogP contribution in [0.4, 0.5) is 5.82 Å². The number of anilines is 1. The van der Waals surface area contributed by atoms with E-state index in [1.807, 2.05) is 6.07 Å². The Morgan fingerprint density at radius 1 is 1.33 bits per heavy atom. The summed E-state index contributed by atoms with van der Waals surface area (Å²) < 4.78 is 6.82. The standard InChI is InChI=1S/C17H22N4O2S/c1-10(22)20-14-5-11-7-21(8-12(11)6-15(14)23-2)17-16-13(3-4-24-16)18-9-19-17/h3-4,9,11-12,14-15H,5-8H2,1-2H3,(H,20,22)/t11-,12+,14-,15-/m1/s1. The van der Waals surface area contributed by atoms with Gasteiger partial charge in [-0.2, -0.15) is 0 Å². The van der Waals surface area contributed by atoms with E-state index in [0.717, 1.165) is 42.0 Å². The molecule has 1 aliphatic heterocycles. The first-order valence-electron chi connectivity index (χ1n) is 8.38. The minimum atomic E-state index is 0.0199. The molecule has 1 N–H and O–H groups in total. The van der Waals surface area contributed by atoms with Crippen LogP contribution in [0, 0.1) is 11.8 Å². The fraction of sp³-hybridized carbons (Fsp3) is 0.588. The number of carbonyl (C=O) groups is 1. The van der Waals surface area contributed by atoms with Crippen LogP contribution in [0.5, 0.6) is 0 Å². The van der Waals surface area contributed by atoms with Gasteiger partial charge in [0.1, 0.15) is 12.1 Å². The number of carbonyl (C=O) groups excluding carboxylic acids is 1. The Hall–Kier alpha value is -1.73. The summed E-state index contributed by atoms with van der Waals surface area (Å²) in [7, 11) is 1.74. The van der Waals surface area contributed by atoms with E-state index in [-0.39, 0.29) is 18.1 Å². The van der Waals surface area contributed by atoms with Crippen molar-refractivity contribution in [3.05, 3.63) is 17.8 Å². The van der Waals surface area contributed by atoms with Gasteiger partial charge in [0.05, 0.1) is 22.4 Å². The molecule has 128 valence electrons. The topological polar surface area (TPSA) is 67.3 Å². The molecule has 4 rings (SSSR count). The number of hydrogen-bond donors (Lipinski definition) is 1. The van der Waals surface area contributed by atoms with Crippen LogP contribution in [-0.2, 0) is 9.53 Å². The highest BCUT2D eigenvalue weighted by Gasteiger charge is 2.43. The van der Waals surface area contributed by atoms with E-state index in [1.54, 1.807) is 31.7 Å². The largest absolute Gasteiger partial charge is 0.379 e. The van der Waals surface area contributed by atoms with Gasteiger partial charge in [-0.05, 0) is 36.1 Å². The highest BCUT2D eigenvalue weighted by atomic mass is 32.1. The lowest BCUT2D eigenvalue weighted by Crippen LogP contribution is -2.49. The Labute approximate surface area is 145 Å². The first-order chi connectivity index (χ1) is 11.7. The van der Waals surface area contributed by atoms with Crippen LogP contribution in [0.25, 0.3) is 10.2 Å². The zero-order valence-electron chi connectivity index (χ0n) is 13.9. The molecule has 1 saturated carbocycles. The highest BCUT2D eigenvalue weighted by Crippen LogP contribution is 2.40. The first kappa shape index (κ1) is 15.8. The number of methoxy groups -OCH3 is 1. The Morgan fingerprint density at radius 3 is 2.88 bits per heavy atom. The van der Waals surface area contributed by atoms with Crippen LogP contribution in [0.2, 0.25) is 0 Å². The van der Waals surface area contributed by atoms with E-state index >= 15 is 0 Å². The van der Waals surface area contributed by atoms with E-state index in [1.165, 1.54) is 0 Å². The lowest BCUT2D eigenvalue weighted by atomic mass is 9.77. The normalized spacial score (nSPS) is 29.7. The Morgan fingerprint density at radius 2 is 2.12 bits per heavy atom. The Bertz CT molecular complexity index is 749. The summed E-state index contributed by atoms with van der Waals surface area (Å²) in [4.78, 5) is 22.8. The van der Waals surface area contributed by atoms with Crippen molar-refractivity contribution in [3.63, 3.8) is 0 Å². The first-order valence-corrected chi connectivity index (χ1v) is 9.26. The Balaban J connectivity index is 1.55. The van der Waals surface area contributed by atoms with Gasteiger partial charge in [0.2, 0.25) is 5.91 Å². The van der Waals surface area contributed by atoms with Crippen molar-refractivity contribution in [2.45, 2.75) is 31.9 Å². The van der Waals surface area contributed by atoms with Crippen molar-refractivity contribution in [3.8, 4) is 0 Å². The van der Waals surface area contributed by atoms with Crippen LogP contribution in [0.1, 0.15) is 19.8 Å². The van der Waals surface area contributed by atoms with Gasteiger partial charge < -0.3 is 15.0 Å². The van der Waals surface area contributed by atoms with Gasteiger partial charge >= 0.3 is 0 Å². The highest BCUT2D eigenvalue weighted by molar-refractivity contribution is 7.17. The van der Waals surface area contributed by atoms with Crippen molar-refractivity contribution >= 4 is 33.3 Å². The van der Waals surface area contributed by atoms with Crippen molar-refractivity contribution in [1.29, 1.82) is 0 Å². The SMILES string of the molecule is CO[C@@H]1C[C@H]2CN(c3ncnc4ccsc34)C[C@H]2C[C@H]1NC(C)=O. The molecule has 6 nitrogen and oxygen atoms in total. The molecular formula is C17H22N4O2S. The second-order valence-electron chi connectivity index (χ2n) is 6.81. The molecule has 2 aromatic heterocycles. The summed E-state index contributed by atoms with van der Waals surface area (Å²) in [6, 6.07) is 2.16. The minimum Gasteiger partial charge on any atom is -0.379 e. The molecule has 2 aromatic rings. The van der Waals surface area contributed by atoms with Gasteiger partial charge in [-0.3, -0.25) is 4.79 Å². The number of hydrogen-bond acceptors (Lipinski definition) is 6. The predicted molar refractivity (Wildman–Crippen MR) is 94.2 cm³/mol. The summed E-state index contributed by atoms with van der Waals surface area (Å²) >= 11 is 1.70. The van der Waals surface area contributed by atoms with Gasteiger partial charge in [-0.1, -0.05) is 0 Å². The van der Waals surface area contributed by atoms with Gasteiger partial charge in [0.15, 0.2) is 0 Å². The molecule has 0 spiro atoms. The van der Waals surface area contributed by atoms with Crippen LogP contribution >= 0.6 is 11.3 Å². The molecule has 0 unspecified atom stereocenters. The molecule has 1 saturated heterocycles. The summed E-state index contributed by atoms with van der Waals surface area (Å²) in [6.07, 6.45) is 3.71. The lowest BCUT2D eigenvalue weighted by molar-refractivity contribution is -0.121. The fourth-order valence-corrected chi connectivity index (χ4v) is 5.12. The molecule has 0 bridgehead atoms. The molecule has 3 heterocycles. The summed E-state index contributed by atoms with van der Waals surface area (Å²) in [6.45, 7) is 3.57. The predicted octanol–water partition coefficient (Wildman–Crippen LogP) is 2.06. The maximum Gasteiger partial charge on any atom is 0.217 e. The third kappa shape index (κ3) is 2.75. The quantitative estimate of drug-likeness (QED) is 0.921. The average molecular weight is 346 g/mol. The number of rotatable bonds is 3. The molecule has 7 heteroatoms. The molecule has 0 aromatic carbocycles. The number of nitrogens with one attached hydrogen (secondary N) is 1. The van der Waals surface area contributed by atoms with Gasteiger partial charge in [-0.15, -0.1) is 11.3 Å². The van der Waals surface area contributed by atoms with E-state index in [0.29, 0.717) is 11.8 Å². The van der Waals surface area contributed by atoms with Crippen LogP contribution in [0.15, 0.2) is 17.8 Å². The molecule has 2 aliphatic rings. The molecule has 1 amide bonds. The van der Waals surface area contributed by atoms with Gasteiger partial charge in [0.25, 0.3) is 0 Å². The maximum absolute atomic E-state index is 11.5. The van der Waals surface area contributed by atoms with Crippen LogP contribution < -0.4 is 10.2 Å². The van der Waals surface area contributed by atoms with Crippen molar-refractivity contribution < 1.29 is 9.53 Å². The second-order valence-corrected chi connectivity index (χ2v) is 7.73. The van der Waals surface area contributed by atoms with E-state index in [9.17, 15) is 4.79 Å². The van der Waals surface area contributed by atoms with Crippen LogP contribution in [0.3, 0.4) is 0 Å². The molecule has 0 radical (unpaired) electrons. The monoisotopic (exact) mass is 346 g/mol. The van der Waals surface area contributed by atoms with E-state index < -0.39 is 0 Å². The van der Waals surface area contributed by atoms with Crippen molar-refractivity contribution in [1.82, 2.24) is 15.3 Å². The number of thiophene rings is 1. The third-order valence-electron chi connectivity index (χ3n) is 5.33. The smallest absolute Gasteiger partial charge is 0.217 e. The average Bonchev–Trinajstić information content (AvgIpc) is 3.19. The van der Waals surface area contributed by atoms with Gasteiger partial charge in [0, 0.05) is 27.1 Å². The number of nitrogens with zero attached hydrogens (tertiary/aromatic N) is 3. The van der Waals surface area contributed by atoms with E-state index in [4.69, 9.17) is 4.74 Å². The van der Waals surface area contributed by atoms with E-state index in [2.05, 4.69) is 25.6 Å². The molecule has 4 atom stereocenters. The molecular weight excluding hydrogens is 324 g/mol. The lowest BCUT2D eigenvalue weighted by Gasteiger charge is -2.37. The number of aromatic nitrogens is 2. The molecule has 24 heavy (non-hydrogen) atoms. The number of amides is 1. The molecule has 2 fully saturated rings. The fourth-order valence-electron chi connectivity index (χ4n) is 4.26. The van der Waals surface area contributed by atoms with Crippen molar-refractivity contribution in [2.75, 3.05) is 25.1 Å². The summed E-state index contributed by atoms with van der Waals surface area (Å²) in [5.41, 5.74) is 1.02. The summed E-state index contributed by atoms with van der Waals surface area (Å²) in [5.74, 6) is 2.23. The zero-order chi connectivity index (χ0) is 16.7. The van der Waals surface area contributed by atoms with Crippen LogP contribution in [-0.4, -0.2) is 48.2 Å². The zero-order valence-corrected chi connectivity index (χ0v) is 14.8. The molecule has 1 aliphatic carbocycles. The van der Waals surface area contributed by atoms with Crippen molar-refractivity contribution in [2.24, 2.45) is 11.8 Å². The summed E-state index contributed by atoms with van der Waals surface area (Å²) in [5, 5.41) is 5.14.